The highest BCUT2D eigenvalue weighted by atomic mass is 79.9. The summed E-state index contributed by atoms with van der Waals surface area (Å²) in [7, 11) is 1.77. The van der Waals surface area contributed by atoms with Gasteiger partial charge in [-0.25, -0.2) is 0 Å². The molecule has 19 heavy (non-hydrogen) atoms. The third kappa shape index (κ3) is 4.18. The molecule has 2 rings (SSSR count). The molecule has 1 fully saturated rings. The molecule has 1 aliphatic rings. The standard InChI is InChI=1S/C14H19Br2NO2/c1-19-9-10-3-2-4-17(7-10)8-11-5-12(15)14(18)13(16)6-11/h5-6,10,18H,2-4,7-9H2,1H3. The second-order valence-electron chi connectivity index (χ2n) is 5.11. The number of aromatic hydroxyl groups is 1. The average molecular weight is 393 g/mol. The van der Waals surface area contributed by atoms with Crippen LogP contribution in [-0.4, -0.2) is 36.8 Å². The van der Waals surface area contributed by atoms with Crippen LogP contribution >= 0.6 is 31.9 Å². The van der Waals surface area contributed by atoms with Crippen molar-refractivity contribution in [2.45, 2.75) is 19.4 Å². The van der Waals surface area contributed by atoms with E-state index in [0.29, 0.717) is 5.92 Å². The number of methoxy groups -OCH3 is 1. The Kier molecular flexibility index (Phi) is 5.69. The minimum atomic E-state index is 0.264. The molecule has 1 aromatic carbocycles. The molecule has 0 amide bonds. The molecule has 1 N–H and O–H groups in total. The fourth-order valence-corrected chi connectivity index (χ4v) is 3.92. The predicted octanol–water partition coefficient (Wildman–Crippen LogP) is 3.78. The summed E-state index contributed by atoms with van der Waals surface area (Å²) in [6.07, 6.45) is 2.49. The molecule has 1 unspecified atom stereocenters. The highest BCUT2D eigenvalue weighted by Crippen LogP contribution is 2.34. The Hall–Kier alpha value is -0.100. The minimum Gasteiger partial charge on any atom is -0.506 e. The van der Waals surface area contributed by atoms with E-state index in [-0.39, 0.29) is 5.75 Å². The normalized spacial score (nSPS) is 20.7. The molecule has 1 atom stereocenters. The van der Waals surface area contributed by atoms with Crippen molar-refractivity contribution in [1.82, 2.24) is 4.90 Å². The summed E-state index contributed by atoms with van der Waals surface area (Å²) in [5, 5.41) is 9.72. The number of piperidine rings is 1. The number of phenolic OH excluding ortho intramolecular Hbond substituents is 1. The number of likely N-dealkylation sites (tertiary alicyclic amines) is 1. The molecule has 1 aromatic rings. The van der Waals surface area contributed by atoms with Gasteiger partial charge in [-0.3, -0.25) is 4.90 Å². The zero-order valence-corrected chi connectivity index (χ0v) is 14.2. The van der Waals surface area contributed by atoms with Crippen molar-refractivity contribution in [1.29, 1.82) is 0 Å². The van der Waals surface area contributed by atoms with Crippen LogP contribution in [0.5, 0.6) is 5.75 Å². The van der Waals surface area contributed by atoms with Crippen molar-refractivity contribution in [3.8, 4) is 5.75 Å². The predicted molar refractivity (Wildman–Crippen MR) is 83.4 cm³/mol. The number of benzene rings is 1. The topological polar surface area (TPSA) is 32.7 Å². The summed E-state index contributed by atoms with van der Waals surface area (Å²) in [5.74, 6) is 0.905. The first-order valence-electron chi connectivity index (χ1n) is 6.48. The van der Waals surface area contributed by atoms with Crippen molar-refractivity contribution < 1.29 is 9.84 Å². The zero-order chi connectivity index (χ0) is 13.8. The minimum absolute atomic E-state index is 0.264. The third-order valence-corrected chi connectivity index (χ3v) is 4.70. The molecule has 3 nitrogen and oxygen atoms in total. The maximum absolute atomic E-state index is 9.72. The number of halogens is 2. The van der Waals surface area contributed by atoms with Gasteiger partial charge in [-0.05, 0) is 74.9 Å². The van der Waals surface area contributed by atoms with Gasteiger partial charge in [0.15, 0.2) is 0 Å². The third-order valence-electron chi connectivity index (χ3n) is 3.49. The Balaban J connectivity index is 2.00. The van der Waals surface area contributed by atoms with E-state index >= 15 is 0 Å². The van der Waals surface area contributed by atoms with E-state index in [4.69, 9.17) is 4.74 Å². The van der Waals surface area contributed by atoms with Gasteiger partial charge in [0, 0.05) is 20.2 Å². The Labute approximate surface area is 131 Å². The number of hydrogen-bond acceptors (Lipinski definition) is 3. The molecule has 0 aromatic heterocycles. The summed E-state index contributed by atoms with van der Waals surface area (Å²) < 4.78 is 6.74. The monoisotopic (exact) mass is 391 g/mol. The van der Waals surface area contributed by atoms with E-state index in [1.165, 1.54) is 18.4 Å². The number of rotatable bonds is 4. The van der Waals surface area contributed by atoms with Gasteiger partial charge in [0.1, 0.15) is 5.75 Å². The molecule has 0 bridgehead atoms. The maximum atomic E-state index is 9.72. The van der Waals surface area contributed by atoms with Crippen LogP contribution in [0.3, 0.4) is 0 Å². The van der Waals surface area contributed by atoms with Gasteiger partial charge in [-0.2, -0.15) is 0 Å². The Morgan fingerprint density at radius 3 is 2.68 bits per heavy atom. The summed E-state index contributed by atoms with van der Waals surface area (Å²) >= 11 is 6.76. The van der Waals surface area contributed by atoms with Crippen LogP contribution in [0.4, 0.5) is 0 Å². The smallest absolute Gasteiger partial charge is 0.143 e. The molecule has 5 heteroatoms. The van der Waals surface area contributed by atoms with Crippen molar-refractivity contribution in [2.75, 3.05) is 26.8 Å². The molecule has 0 radical (unpaired) electrons. The van der Waals surface area contributed by atoms with Crippen LogP contribution in [-0.2, 0) is 11.3 Å². The summed E-state index contributed by atoms with van der Waals surface area (Å²) in [4.78, 5) is 2.46. The Morgan fingerprint density at radius 1 is 1.37 bits per heavy atom. The quantitative estimate of drug-likeness (QED) is 0.846. The van der Waals surface area contributed by atoms with E-state index in [0.717, 1.165) is 35.2 Å². The number of phenols is 1. The summed E-state index contributed by atoms with van der Waals surface area (Å²) in [5.41, 5.74) is 1.20. The first-order chi connectivity index (χ1) is 9.10. The lowest BCUT2D eigenvalue weighted by atomic mass is 9.98. The molecular formula is C14H19Br2NO2. The van der Waals surface area contributed by atoms with E-state index < -0.39 is 0 Å². The van der Waals surface area contributed by atoms with Crippen LogP contribution in [0.15, 0.2) is 21.1 Å². The second kappa shape index (κ2) is 7.07. The van der Waals surface area contributed by atoms with Crippen LogP contribution in [0.1, 0.15) is 18.4 Å². The van der Waals surface area contributed by atoms with Crippen molar-refractivity contribution >= 4 is 31.9 Å². The fraction of sp³-hybridized carbons (Fsp3) is 0.571. The van der Waals surface area contributed by atoms with Gasteiger partial charge in [0.25, 0.3) is 0 Å². The lowest BCUT2D eigenvalue weighted by Crippen LogP contribution is -2.36. The highest BCUT2D eigenvalue weighted by Gasteiger charge is 2.20. The lowest BCUT2D eigenvalue weighted by Gasteiger charge is -2.32. The van der Waals surface area contributed by atoms with Gasteiger partial charge in [-0.15, -0.1) is 0 Å². The number of hydrogen-bond donors (Lipinski definition) is 1. The van der Waals surface area contributed by atoms with Crippen LogP contribution in [0, 0.1) is 5.92 Å². The Morgan fingerprint density at radius 2 is 2.05 bits per heavy atom. The second-order valence-corrected chi connectivity index (χ2v) is 6.82. The van der Waals surface area contributed by atoms with Crippen molar-refractivity contribution in [2.24, 2.45) is 5.92 Å². The largest absolute Gasteiger partial charge is 0.506 e. The molecular weight excluding hydrogens is 374 g/mol. The number of ether oxygens (including phenoxy) is 1. The molecule has 1 heterocycles. The summed E-state index contributed by atoms with van der Waals surface area (Å²) in [6.45, 7) is 3.98. The Bertz CT molecular complexity index is 414. The van der Waals surface area contributed by atoms with Gasteiger partial charge in [0.05, 0.1) is 15.6 Å². The van der Waals surface area contributed by atoms with Gasteiger partial charge in [0.2, 0.25) is 0 Å². The van der Waals surface area contributed by atoms with Crippen molar-refractivity contribution in [3.05, 3.63) is 26.6 Å². The van der Waals surface area contributed by atoms with Gasteiger partial charge >= 0.3 is 0 Å². The highest BCUT2D eigenvalue weighted by molar-refractivity contribution is 9.11. The van der Waals surface area contributed by atoms with Crippen LogP contribution < -0.4 is 0 Å². The van der Waals surface area contributed by atoms with Gasteiger partial charge < -0.3 is 9.84 Å². The lowest BCUT2D eigenvalue weighted by molar-refractivity contribution is 0.0873. The maximum Gasteiger partial charge on any atom is 0.143 e. The van der Waals surface area contributed by atoms with E-state index in [9.17, 15) is 5.11 Å². The molecule has 0 saturated carbocycles. The first-order valence-corrected chi connectivity index (χ1v) is 8.07. The van der Waals surface area contributed by atoms with Gasteiger partial charge in [-0.1, -0.05) is 0 Å². The van der Waals surface area contributed by atoms with E-state index in [2.05, 4.69) is 36.8 Å². The molecule has 1 aliphatic heterocycles. The molecule has 1 saturated heterocycles. The fourth-order valence-electron chi connectivity index (χ4n) is 2.63. The SMILES string of the molecule is COCC1CCCN(Cc2cc(Br)c(O)c(Br)c2)C1. The zero-order valence-electron chi connectivity index (χ0n) is 11.0. The van der Waals surface area contributed by atoms with E-state index in [1.807, 2.05) is 12.1 Å². The summed E-state index contributed by atoms with van der Waals surface area (Å²) in [6, 6.07) is 3.97. The first kappa shape index (κ1) is 15.3. The van der Waals surface area contributed by atoms with Crippen LogP contribution in [0.25, 0.3) is 0 Å². The molecule has 0 spiro atoms. The average Bonchev–Trinajstić information content (AvgIpc) is 2.37. The molecule has 106 valence electrons. The van der Waals surface area contributed by atoms with E-state index in [1.54, 1.807) is 7.11 Å². The molecule has 0 aliphatic carbocycles. The number of nitrogens with zero attached hydrogens (tertiary/aromatic N) is 1. The van der Waals surface area contributed by atoms with Crippen molar-refractivity contribution in [3.63, 3.8) is 0 Å². The van der Waals surface area contributed by atoms with Crippen LogP contribution in [0.2, 0.25) is 0 Å².